The summed E-state index contributed by atoms with van der Waals surface area (Å²) in [6.07, 6.45) is 5.01. The normalized spacial score (nSPS) is 13.4. The molecule has 0 unspecified atom stereocenters. The highest BCUT2D eigenvalue weighted by atomic mass is 32.1. The van der Waals surface area contributed by atoms with Crippen LogP contribution in [0.5, 0.6) is 11.5 Å². The SMILES string of the molecule is CCCCNC(=O)N(CCN1CCCC1)CC(=O)N(CCc1ccc(OC)c(OC)c1)Cc1sccc1C. The maximum Gasteiger partial charge on any atom is 0.317 e. The Morgan fingerprint density at radius 2 is 1.82 bits per heavy atom. The first-order valence-corrected chi connectivity index (χ1v) is 14.6. The first-order chi connectivity index (χ1) is 18.4. The molecule has 9 heteroatoms. The van der Waals surface area contributed by atoms with Gasteiger partial charge in [0.25, 0.3) is 0 Å². The Hall–Kier alpha value is -2.78. The summed E-state index contributed by atoms with van der Waals surface area (Å²) in [5, 5.41) is 5.07. The van der Waals surface area contributed by atoms with E-state index in [2.05, 4.69) is 35.5 Å². The fourth-order valence-electron chi connectivity index (χ4n) is 4.60. The van der Waals surface area contributed by atoms with E-state index in [0.29, 0.717) is 44.1 Å². The third-order valence-electron chi connectivity index (χ3n) is 7.08. The van der Waals surface area contributed by atoms with Gasteiger partial charge in [0.15, 0.2) is 11.5 Å². The number of nitrogens with one attached hydrogen (secondary N) is 1. The minimum absolute atomic E-state index is 0.0367. The number of hydrogen-bond donors (Lipinski definition) is 1. The molecule has 1 aliphatic rings. The molecule has 0 atom stereocenters. The van der Waals surface area contributed by atoms with Gasteiger partial charge in [-0.05, 0) is 80.4 Å². The predicted molar refractivity (Wildman–Crippen MR) is 153 cm³/mol. The van der Waals surface area contributed by atoms with E-state index in [-0.39, 0.29) is 18.5 Å². The van der Waals surface area contributed by atoms with Gasteiger partial charge in [-0.1, -0.05) is 19.4 Å². The molecule has 0 saturated carbocycles. The van der Waals surface area contributed by atoms with Crippen LogP contribution < -0.4 is 14.8 Å². The summed E-state index contributed by atoms with van der Waals surface area (Å²) in [4.78, 5) is 33.9. The molecule has 1 fully saturated rings. The topological polar surface area (TPSA) is 74.4 Å². The number of amides is 3. The lowest BCUT2D eigenvalue weighted by Crippen LogP contribution is -2.49. The average Bonchev–Trinajstić information content (AvgIpc) is 3.60. The predicted octanol–water partition coefficient (Wildman–Crippen LogP) is 4.55. The van der Waals surface area contributed by atoms with Crippen molar-refractivity contribution in [2.24, 2.45) is 0 Å². The maximum atomic E-state index is 13.7. The smallest absolute Gasteiger partial charge is 0.317 e. The highest BCUT2D eigenvalue weighted by Gasteiger charge is 2.23. The quantitative estimate of drug-likeness (QED) is 0.333. The largest absolute Gasteiger partial charge is 0.493 e. The highest BCUT2D eigenvalue weighted by molar-refractivity contribution is 7.10. The Morgan fingerprint density at radius 1 is 1.05 bits per heavy atom. The van der Waals surface area contributed by atoms with E-state index in [1.807, 2.05) is 23.1 Å². The molecular formula is C29H44N4O4S. The van der Waals surface area contributed by atoms with Gasteiger partial charge in [-0.2, -0.15) is 0 Å². The Morgan fingerprint density at radius 3 is 2.47 bits per heavy atom. The van der Waals surface area contributed by atoms with Crippen molar-refractivity contribution in [3.05, 3.63) is 45.6 Å². The fraction of sp³-hybridized carbons (Fsp3) is 0.586. The van der Waals surface area contributed by atoms with Gasteiger partial charge in [0, 0.05) is 31.1 Å². The average molecular weight is 545 g/mol. The lowest BCUT2D eigenvalue weighted by Gasteiger charge is -2.29. The molecule has 1 N–H and O–H groups in total. The second-order valence-corrected chi connectivity index (χ2v) is 10.8. The van der Waals surface area contributed by atoms with Crippen molar-refractivity contribution < 1.29 is 19.1 Å². The van der Waals surface area contributed by atoms with Crippen LogP contribution in [0.1, 0.15) is 48.6 Å². The zero-order valence-electron chi connectivity index (χ0n) is 23.5. The second-order valence-electron chi connectivity index (χ2n) is 9.84. The first kappa shape index (κ1) is 29.8. The van der Waals surface area contributed by atoms with E-state index in [4.69, 9.17) is 9.47 Å². The number of hydrogen-bond acceptors (Lipinski definition) is 6. The van der Waals surface area contributed by atoms with Gasteiger partial charge in [0.05, 0.1) is 20.8 Å². The van der Waals surface area contributed by atoms with Crippen LogP contribution in [0.3, 0.4) is 0 Å². The third kappa shape index (κ3) is 8.91. The fourth-order valence-corrected chi connectivity index (χ4v) is 5.52. The van der Waals surface area contributed by atoms with Crippen LogP contribution in [0.2, 0.25) is 0 Å². The van der Waals surface area contributed by atoms with Crippen molar-refractivity contribution in [3.8, 4) is 11.5 Å². The van der Waals surface area contributed by atoms with Crippen LogP contribution in [-0.2, 0) is 17.8 Å². The molecule has 1 saturated heterocycles. The zero-order valence-corrected chi connectivity index (χ0v) is 24.3. The molecule has 1 aliphatic heterocycles. The Bertz CT molecular complexity index is 1020. The van der Waals surface area contributed by atoms with Gasteiger partial charge in [-0.25, -0.2) is 4.79 Å². The third-order valence-corrected chi connectivity index (χ3v) is 8.09. The number of carbonyl (C=O) groups excluding carboxylic acids is 2. The van der Waals surface area contributed by atoms with Crippen LogP contribution in [0.4, 0.5) is 4.79 Å². The number of aryl methyl sites for hydroxylation is 1. The van der Waals surface area contributed by atoms with Gasteiger partial charge in [0.1, 0.15) is 6.54 Å². The van der Waals surface area contributed by atoms with Crippen LogP contribution in [-0.4, -0.2) is 86.7 Å². The standard InChI is InChI=1S/C29H44N4O4S/c1-5-6-13-30-29(35)33(18-17-31-14-7-8-15-31)22-28(34)32(21-27-23(2)12-19-38-27)16-11-24-9-10-25(36-3)26(20-24)37-4/h9-10,12,19-20H,5-8,11,13-18,21-22H2,1-4H3,(H,30,35). The van der Waals surface area contributed by atoms with Crippen LogP contribution in [0, 0.1) is 6.92 Å². The van der Waals surface area contributed by atoms with Gasteiger partial charge in [-0.3, -0.25) is 4.79 Å². The van der Waals surface area contributed by atoms with Crippen molar-refractivity contribution in [2.45, 2.75) is 52.5 Å². The summed E-state index contributed by atoms with van der Waals surface area (Å²) in [6.45, 7) is 9.42. The van der Waals surface area contributed by atoms with Crippen molar-refractivity contribution in [1.82, 2.24) is 20.0 Å². The number of unbranched alkanes of at least 4 members (excludes halogenated alkanes) is 1. The van der Waals surface area contributed by atoms with E-state index >= 15 is 0 Å². The number of thiophene rings is 1. The summed E-state index contributed by atoms with van der Waals surface area (Å²) >= 11 is 1.66. The van der Waals surface area contributed by atoms with Gasteiger partial charge < -0.3 is 29.5 Å². The summed E-state index contributed by atoms with van der Waals surface area (Å²) in [6, 6.07) is 7.79. The van der Waals surface area contributed by atoms with E-state index in [1.165, 1.54) is 23.3 Å². The van der Waals surface area contributed by atoms with Crippen LogP contribution >= 0.6 is 11.3 Å². The summed E-state index contributed by atoms with van der Waals surface area (Å²) < 4.78 is 10.8. The molecule has 0 radical (unpaired) electrons. The minimum Gasteiger partial charge on any atom is -0.493 e. The number of nitrogens with zero attached hydrogens (tertiary/aromatic N) is 3. The van der Waals surface area contributed by atoms with Gasteiger partial charge in [0.2, 0.25) is 5.91 Å². The van der Waals surface area contributed by atoms with Crippen molar-refractivity contribution in [1.29, 1.82) is 0 Å². The number of methoxy groups -OCH3 is 2. The molecule has 8 nitrogen and oxygen atoms in total. The van der Waals surface area contributed by atoms with Crippen molar-refractivity contribution in [3.63, 3.8) is 0 Å². The van der Waals surface area contributed by atoms with Crippen molar-refractivity contribution in [2.75, 3.05) is 60.0 Å². The summed E-state index contributed by atoms with van der Waals surface area (Å²) in [7, 11) is 3.24. The van der Waals surface area contributed by atoms with Gasteiger partial charge in [-0.15, -0.1) is 11.3 Å². The lowest BCUT2D eigenvalue weighted by atomic mass is 10.1. The number of carbonyl (C=O) groups is 2. The minimum atomic E-state index is -0.154. The Kier molecular flexibility index (Phi) is 12.2. The molecular weight excluding hydrogens is 500 g/mol. The van der Waals surface area contributed by atoms with E-state index in [0.717, 1.165) is 38.0 Å². The molecule has 210 valence electrons. The number of benzene rings is 1. The molecule has 0 aliphatic carbocycles. The van der Waals surface area contributed by atoms with E-state index in [9.17, 15) is 9.59 Å². The molecule has 3 rings (SSSR count). The number of likely N-dealkylation sites (tertiary alicyclic amines) is 1. The van der Waals surface area contributed by atoms with E-state index < -0.39 is 0 Å². The van der Waals surface area contributed by atoms with Gasteiger partial charge >= 0.3 is 6.03 Å². The van der Waals surface area contributed by atoms with E-state index in [1.54, 1.807) is 30.5 Å². The Labute approximate surface area is 231 Å². The molecule has 0 bridgehead atoms. The molecule has 3 amide bonds. The monoisotopic (exact) mass is 544 g/mol. The second kappa shape index (κ2) is 15.6. The molecule has 38 heavy (non-hydrogen) atoms. The molecule has 0 spiro atoms. The molecule has 2 aromatic rings. The Balaban J connectivity index is 1.72. The number of urea groups is 1. The number of rotatable bonds is 15. The summed E-state index contributed by atoms with van der Waals surface area (Å²) in [5.41, 5.74) is 2.24. The van der Waals surface area contributed by atoms with Crippen LogP contribution in [0.15, 0.2) is 29.6 Å². The number of ether oxygens (including phenoxy) is 2. The van der Waals surface area contributed by atoms with Crippen LogP contribution in [0.25, 0.3) is 0 Å². The lowest BCUT2D eigenvalue weighted by molar-refractivity contribution is -0.132. The molecule has 2 heterocycles. The highest BCUT2D eigenvalue weighted by Crippen LogP contribution is 2.28. The maximum absolute atomic E-state index is 13.7. The molecule has 1 aromatic carbocycles. The summed E-state index contributed by atoms with van der Waals surface area (Å²) in [5.74, 6) is 1.32. The van der Waals surface area contributed by atoms with Crippen molar-refractivity contribution >= 4 is 23.3 Å². The zero-order chi connectivity index (χ0) is 27.3. The molecule has 1 aromatic heterocycles. The first-order valence-electron chi connectivity index (χ1n) is 13.7.